The summed E-state index contributed by atoms with van der Waals surface area (Å²) < 4.78 is 10.8. The number of benzene rings is 1. The molecule has 21 heavy (non-hydrogen) atoms. The molecule has 0 unspecified atom stereocenters. The average molecular weight is 291 g/mol. The van der Waals surface area contributed by atoms with Gasteiger partial charge < -0.3 is 14.8 Å². The first-order valence-electron chi connectivity index (χ1n) is 7.52. The van der Waals surface area contributed by atoms with Crippen LogP contribution >= 0.6 is 0 Å². The molecule has 1 fully saturated rings. The second kappa shape index (κ2) is 6.48. The number of ether oxygens (including phenoxy) is 2. The summed E-state index contributed by atoms with van der Waals surface area (Å²) in [4.78, 5) is 12.6. The van der Waals surface area contributed by atoms with E-state index in [1.807, 2.05) is 25.1 Å². The molecule has 1 aromatic carbocycles. The maximum atomic E-state index is 12.6. The molecule has 0 saturated heterocycles. The van der Waals surface area contributed by atoms with Gasteiger partial charge in [-0.1, -0.05) is 6.92 Å². The highest BCUT2D eigenvalue weighted by Gasteiger charge is 2.41. The zero-order valence-electron chi connectivity index (χ0n) is 13.4. The second-order valence-electron chi connectivity index (χ2n) is 6.02. The Morgan fingerprint density at radius 3 is 2.48 bits per heavy atom. The molecule has 0 atom stereocenters. The summed E-state index contributed by atoms with van der Waals surface area (Å²) in [6.45, 7) is 4.19. The molecule has 4 nitrogen and oxygen atoms in total. The standard InChI is InChI=1S/C17H25NO3/c1-12-7-9-17(21-4,10-8-12)16(19)18-14-5-6-15(20-3)13(2)11-14/h5-6,11-12H,7-10H2,1-4H3,(H,18,19). The second-order valence-corrected chi connectivity index (χ2v) is 6.02. The van der Waals surface area contributed by atoms with Crippen LogP contribution in [0.1, 0.15) is 38.2 Å². The molecular formula is C17H25NO3. The fourth-order valence-corrected chi connectivity index (χ4v) is 2.95. The molecule has 1 N–H and O–H groups in total. The smallest absolute Gasteiger partial charge is 0.256 e. The lowest BCUT2D eigenvalue weighted by Crippen LogP contribution is -2.47. The van der Waals surface area contributed by atoms with Crippen LogP contribution in [-0.4, -0.2) is 25.7 Å². The Balaban J connectivity index is 2.11. The number of carbonyl (C=O) groups is 1. The van der Waals surface area contributed by atoms with Crippen molar-refractivity contribution in [2.24, 2.45) is 5.92 Å². The van der Waals surface area contributed by atoms with Gasteiger partial charge >= 0.3 is 0 Å². The van der Waals surface area contributed by atoms with Crippen LogP contribution in [0.4, 0.5) is 5.69 Å². The highest BCUT2D eigenvalue weighted by atomic mass is 16.5. The quantitative estimate of drug-likeness (QED) is 0.923. The Morgan fingerprint density at radius 1 is 1.29 bits per heavy atom. The molecule has 0 aliphatic heterocycles. The molecular weight excluding hydrogens is 266 g/mol. The predicted octanol–water partition coefficient (Wildman–Crippen LogP) is 3.54. The van der Waals surface area contributed by atoms with Gasteiger partial charge in [0.15, 0.2) is 0 Å². The Bertz CT molecular complexity index is 505. The van der Waals surface area contributed by atoms with Crippen molar-refractivity contribution in [3.05, 3.63) is 23.8 Å². The molecule has 1 amide bonds. The van der Waals surface area contributed by atoms with E-state index in [1.54, 1.807) is 14.2 Å². The van der Waals surface area contributed by atoms with Crippen LogP contribution in [0.5, 0.6) is 5.75 Å². The number of methoxy groups -OCH3 is 2. The molecule has 0 heterocycles. The van der Waals surface area contributed by atoms with Crippen molar-refractivity contribution in [2.45, 2.75) is 45.1 Å². The van der Waals surface area contributed by atoms with E-state index >= 15 is 0 Å². The topological polar surface area (TPSA) is 47.6 Å². The van der Waals surface area contributed by atoms with Crippen LogP contribution < -0.4 is 10.1 Å². The van der Waals surface area contributed by atoms with Crippen LogP contribution in [0.3, 0.4) is 0 Å². The molecule has 1 saturated carbocycles. The Hall–Kier alpha value is -1.55. The van der Waals surface area contributed by atoms with Gasteiger partial charge in [-0.05, 0) is 62.3 Å². The van der Waals surface area contributed by atoms with Crippen molar-refractivity contribution < 1.29 is 14.3 Å². The first-order chi connectivity index (χ1) is 10.0. The van der Waals surface area contributed by atoms with Crippen LogP contribution in [-0.2, 0) is 9.53 Å². The highest BCUT2D eigenvalue weighted by molar-refractivity contribution is 5.97. The molecule has 1 aromatic rings. The fraction of sp³-hybridized carbons (Fsp3) is 0.588. The minimum atomic E-state index is -0.680. The number of carbonyl (C=O) groups excluding carboxylic acids is 1. The molecule has 116 valence electrons. The molecule has 0 bridgehead atoms. The lowest BCUT2D eigenvalue weighted by atomic mass is 9.79. The summed E-state index contributed by atoms with van der Waals surface area (Å²) in [6, 6.07) is 5.65. The van der Waals surface area contributed by atoms with Crippen molar-refractivity contribution in [3.63, 3.8) is 0 Å². The molecule has 1 aliphatic rings. The van der Waals surface area contributed by atoms with Gasteiger partial charge in [0.05, 0.1) is 7.11 Å². The number of anilines is 1. The number of amides is 1. The number of hydrogen-bond donors (Lipinski definition) is 1. The summed E-state index contributed by atoms with van der Waals surface area (Å²) in [7, 11) is 3.28. The highest BCUT2D eigenvalue weighted by Crippen LogP contribution is 2.35. The SMILES string of the molecule is COc1ccc(NC(=O)C2(OC)CCC(C)CC2)cc1C. The first kappa shape index (κ1) is 15.8. The third-order valence-electron chi connectivity index (χ3n) is 4.54. The van der Waals surface area contributed by atoms with E-state index < -0.39 is 5.60 Å². The Kier molecular flexibility index (Phi) is 4.88. The molecule has 2 rings (SSSR count). The van der Waals surface area contributed by atoms with Crippen LogP contribution in [0, 0.1) is 12.8 Å². The minimum absolute atomic E-state index is 0.0403. The lowest BCUT2D eigenvalue weighted by Gasteiger charge is -2.36. The van der Waals surface area contributed by atoms with Gasteiger partial charge in [0, 0.05) is 12.8 Å². The van der Waals surface area contributed by atoms with Gasteiger partial charge in [-0.15, -0.1) is 0 Å². The summed E-state index contributed by atoms with van der Waals surface area (Å²) in [5, 5.41) is 2.99. The number of aryl methyl sites for hydroxylation is 1. The van der Waals surface area contributed by atoms with Crippen LogP contribution in [0.25, 0.3) is 0 Å². The normalized spacial score (nSPS) is 25.4. The molecule has 1 aliphatic carbocycles. The van der Waals surface area contributed by atoms with Crippen LogP contribution in [0.2, 0.25) is 0 Å². The molecule has 0 spiro atoms. The van der Waals surface area contributed by atoms with E-state index in [9.17, 15) is 4.79 Å². The van der Waals surface area contributed by atoms with E-state index in [2.05, 4.69) is 12.2 Å². The van der Waals surface area contributed by atoms with E-state index in [-0.39, 0.29) is 5.91 Å². The summed E-state index contributed by atoms with van der Waals surface area (Å²) in [6.07, 6.45) is 3.63. The van der Waals surface area contributed by atoms with Gasteiger partial charge in [0.25, 0.3) is 5.91 Å². The summed E-state index contributed by atoms with van der Waals surface area (Å²) in [5.74, 6) is 1.45. The number of nitrogens with one attached hydrogen (secondary N) is 1. The van der Waals surface area contributed by atoms with Crippen molar-refractivity contribution in [1.29, 1.82) is 0 Å². The molecule has 0 radical (unpaired) electrons. The van der Waals surface area contributed by atoms with Crippen molar-refractivity contribution in [1.82, 2.24) is 0 Å². The fourth-order valence-electron chi connectivity index (χ4n) is 2.95. The third-order valence-corrected chi connectivity index (χ3v) is 4.54. The van der Waals surface area contributed by atoms with Gasteiger partial charge in [0.2, 0.25) is 0 Å². The van der Waals surface area contributed by atoms with Crippen molar-refractivity contribution in [2.75, 3.05) is 19.5 Å². The number of hydrogen-bond acceptors (Lipinski definition) is 3. The maximum Gasteiger partial charge on any atom is 0.256 e. The third kappa shape index (κ3) is 3.38. The Labute approximate surface area is 126 Å². The van der Waals surface area contributed by atoms with Gasteiger partial charge in [-0.2, -0.15) is 0 Å². The van der Waals surface area contributed by atoms with Gasteiger partial charge in [0.1, 0.15) is 11.4 Å². The van der Waals surface area contributed by atoms with Crippen molar-refractivity contribution >= 4 is 11.6 Å². The average Bonchev–Trinajstić information content (AvgIpc) is 2.48. The van der Waals surface area contributed by atoms with Gasteiger partial charge in [-0.3, -0.25) is 4.79 Å². The van der Waals surface area contributed by atoms with E-state index in [0.717, 1.165) is 42.7 Å². The van der Waals surface area contributed by atoms with Crippen molar-refractivity contribution in [3.8, 4) is 5.75 Å². The van der Waals surface area contributed by atoms with E-state index in [4.69, 9.17) is 9.47 Å². The van der Waals surface area contributed by atoms with E-state index in [1.165, 1.54) is 0 Å². The largest absolute Gasteiger partial charge is 0.496 e. The first-order valence-corrected chi connectivity index (χ1v) is 7.52. The molecule has 4 heteroatoms. The lowest BCUT2D eigenvalue weighted by molar-refractivity contribution is -0.142. The minimum Gasteiger partial charge on any atom is -0.496 e. The summed E-state index contributed by atoms with van der Waals surface area (Å²) in [5.41, 5.74) is 1.10. The van der Waals surface area contributed by atoms with Gasteiger partial charge in [-0.25, -0.2) is 0 Å². The number of rotatable bonds is 4. The zero-order valence-corrected chi connectivity index (χ0v) is 13.4. The Morgan fingerprint density at radius 2 is 1.95 bits per heavy atom. The molecule has 0 aromatic heterocycles. The van der Waals surface area contributed by atoms with Crippen LogP contribution in [0.15, 0.2) is 18.2 Å². The zero-order chi connectivity index (χ0) is 15.5. The van der Waals surface area contributed by atoms with E-state index in [0.29, 0.717) is 5.92 Å². The maximum absolute atomic E-state index is 12.6. The monoisotopic (exact) mass is 291 g/mol. The summed E-state index contributed by atoms with van der Waals surface area (Å²) >= 11 is 0. The predicted molar refractivity (Wildman–Crippen MR) is 83.7 cm³/mol.